The Kier molecular flexibility index (Phi) is 5.19. The smallest absolute Gasteiger partial charge is 0.133 e. The van der Waals surface area contributed by atoms with Gasteiger partial charge in [0.2, 0.25) is 0 Å². The van der Waals surface area contributed by atoms with Crippen LogP contribution in [-0.2, 0) is 5.75 Å². The van der Waals surface area contributed by atoms with Gasteiger partial charge in [-0.3, -0.25) is 0 Å². The minimum atomic E-state index is 0.560. The van der Waals surface area contributed by atoms with Crippen LogP contribution < -0.4 is 0 Å². The molecule has 0 aliphatic carbocycles. The summed E-state index contributed by atoms with van der Waals surface area (Å²) < 4.78 is 0. The molecule has 0 unspecified atom stereocenters. The second-order valence-electron chi connectivity index (χ2n) is 4.72. The number of fused-ring (bicyclic) bond motifs is 1. The number of hydrogen-bond donors (Lipinski definition) is 0. The molecule has 0 spiro atoms. The topological polar surface area (TPSA) is 12.9 Å². The van der Waals surface area contributed by atoms with E-state index in [0.29, 0.717) is 5.15 Å². The molecule has 0 aliphatic rings. The van der Waals surface area contributed by atoms with Gasteiger partial charge in [0.1, 0.15) is 5.15 Å². The van der Waals surface area contributed by atoms with E-state index in [-0.39, 0.29) is 0 Å². The van der Waals surface area contributed by atoms with E-state index in [1.165, 1.54) is 4.90 Å². The molecule has 1 heterocycles. The molecule has 1 aromatic heterocycles. The van der Waals surface area contributed by atoms with E-state index in [2.05, 4.69) is 35.5 Å². The van der Waals surface area contributed by atoms with Gasteiger partial charge in [-0.2, -0.15) is 0 Å². The third-order valence-electron chi connectivity index (χ3n) is 3.27. The van der Waals surface area contributed by atoms with Crippen LogP contribution in [0.15, 0.2) is 58.3 Å². The number of thioether (sulfide) groups is 2. The van der Waals surface area contributed by atoms with Crippen LogP contribution >= 0.6 is 46.7 Å². The van der Waals surface area contributed by atoms with Gasteiger partial charge in [0.15, 0.2) is 0 Å². The molecule has 0 radical (unpaired) electrons. The molecular weight excluding hydrogens is 353 g/mol. The highest BCUT2D eigenvalue weighted by atomic mass is 35.5. The molecule has 0 atom stereocenters. The summed E-state index contributed by atoms with van der Waals surface area (Å²) in [4.78, 5) is 6.77. The largest absolute Gasteiger partial charge is 0.236 e. The number of nitrogens with zero attached hydrogens (tertiary/aromatic N) is 1. The van der Waals surface area contributed by atoms with Crippen LogP contribution in [0.5, 0.6) is 0 Å². The number of hydrogen-bond acceptors (Lipinski definition) is 3. The first-order valence-corrected chi connectivity index (χ1v) is 9.64. The summed E-state index contributed by atoms with van der Waals surface area (Å²) in [6.07, 6.45) is 2.05. The number of rotatable bonds is 4. The Labute approximate surface area is 148 Å². The predicted molar refractivity (Wildman–Crippen MR) is 99.5 cm³/mol. The summed E-state index contributed by atoms with van der Waals surface area (Å²) in [5, 5.41) is 2.43. The summed E-state index contributed by atoms with van der Waals surface area (Å²) in [7, 11) is 0. The molecule has 3 aromatic rings. The Morgan fingerprint density at radius 3 is 2.64 bits per heavy atom. The zero-order valence-electron chi connectivity index (χ0n) is 11.8. The SMILES string of the molecule is CSc1ccc2cc(CSc3ccccc3Cl)c(Cl)nc2c1. The maximum absolute atomic E-state index is 6.34. The lowest BCUT2D eigenvalue weighted by Crippen LogP contribution is -1.89. The number of benzene rings is 2. The molecule has 112 valence electrons. The van der Waals surface area contributed by atoms with Crippen molar-refractivity contribution in [3.8, 4) is 0 Å². The second-order valence-corrected chi connectivity index (χ2v) is 7.38. The van der Waals surface area contributed by atoms with Crippen LogP contribution in [0.25, 0.3) is 10.9 Å². The number of pyridine rings is 1. The molecule has 3 rings (SSSR count). The van der Waals surface area contributed by atoms with Crippen molar-refractivity contribution >= 4 is 57.6 Å². The molecule has 0 saturated carbocycles. The van der Waals surface area contributed by atoms with Crippen molar-refractivity contribution < 1.29 is 0 Å². The van der Waals surface area contributed by atoms with E-state index < -0.39 is 0 Å². The quantitative estimate of drug-likeness (QED) is 0.384. The number of halogens is 2. The minimum Gasteiger partial charge on any atom is -0.236 e. The maximum atomic E-state index is 6.34. The molecule has 0 saturated heterocycles. The average molecular weight is 366 g/mol. The third kappa shape index (κ3) is 3.54. The standard InChI is InChI=1S/C17H13Cl2NS2/c1-21-13-7-6-11-8-12(17(19)20-15(11)9-13)10-22-16-5-3-2-4-14(16)18/h2-9H,10H2,1H3. The van der Waals surface area contributed by atoms with E-state index in [1.807, 2.05) is 24.3 Å². The zero-order valence-corrected chi connectivity index (χ0v) is 15.0. The van der Waals surface area contributed by atoms with Crippen LogP contribution in [0, 0.1) is 0 Å². The molecule has 5 heteroatoms. The van der Waals surface area contributed by atoms with Gasteiger partial charge in [0.25, 0.3) is 0 Å². The first kappa shape index (κ1) is 16.0. The Morgan fingerprint density at radius 2 is 1.86 bits per heavy atom. The maximum Gasteiger partial charge on any atom is 0.133 e. The molecule has 0 bridgehead atoms. The Hall–Kier alpha value is -0.870. The highest BCUT2D eigenvalue weighted by Gasteiger charge is 2.08. The fourth-order valence-electron chi connectivity index (χ4n) is 2.11. The predicted octanol–water partition coefficient (Wildman–Crippen LogP) is 6.56. The van der Waals surface area contributed by atoms with Crippen molar-refractivity contribution in [3.05, 3.63) is 64.3 Å². The highest BCUT2D eigenvalue weighted by Crippen LogP contribution is 2.32. The Balaban J connectivity index is 1.88. The van der Waals surface area contributed by atoms with Gasteiger partial charge in [-0.1, -0.05) is 41.4 Å². The highest BCUT2D eigenvalue weighted by molar-refractivity contribution is 7.98. The molecule has 22 heavy (non-hydrogen) atoms. The lowest BCUT2D eigenvalue weighted by atomic mass is 10.2. The summed E-state index contributed by atoms with van der Waals surface area (Å²) in [6, 6.07) is 16.2. The Morgan fingerprint density at radius 1 is 1.05 bits per heavy atom. The zero-order chi connectivity index (χ0) is 15.5. The third-order valence-corrected chi connectivity index (χ3v) is 5.89. The fourth-order valence-corrected chi connectivity index (χ4v) is 4.05. The molecular formula is C17H13Cl2NS2. The molecule has 2 aromatic carbocycles. The molecule has 0 aliphatic heterocycles. The van der Waals surface area contributed by atoms with Gasteiger partial charge in [-0.05, 0) is 36.6 Å². The van der Waals surface area contributed by atoms with Crippen LogP contribution in [0.2, 0.25) is 10.2 Å². The normalized spacial score (nSPS) is 11.0. The van der Waals surface area contributed by atoms with Crippen molar-refractivity contribution in [1.82, 2.24) is 4.98 Å². The average Bonchev–Trinajstić information content (AvgIpc) is 2.53. The van der Waals surface area contributed by atoms with Gasteiger partial charge in [0.05, 0.1) is 10.5 Å². The Bertz CT molecular complexity index is 821. The van der Waals surface area contributed by atoms with Crippen molar-refractivity contribution in [3.63, 3.8) is 0 Å². The van der Waals surface area contributed by atoms with Gasteiger partial charge >= 0.3 is 0 Å². The molecule has 0 fully saturated rings. The fraction of sp³-hybridized carbons (Fsp3) is 0.118. The monoisotopic (exact) mass is 365 g/mol. The van der Waals surface area contributed by atoms with Gasteiger partial charge in [-0.25, -0.2) is 4.98 Å². The molecule has 0 amide bonds. The van der Waals surface area contributed by atoms with E-state index in [0.717, 1.165) is 32.1 Å². The van der Waals surface area contributed by atoms with E-state index in [9.17, 15) is 0 Å². The summed E-state index contributed by atoms with van der Waals surface area (Å²) >= 11 is 15.9. The lowest BCUT2D eigenvalue weighted by Gasteiger charge is -2.08. The lowest BCUT2D eigenvalue weighted by molar-refractivity contribution is 1.29. The summed E-state index contributed by atoms with van der Waals surface area (Å²) in [5.41, 5.74) is 1.96. The van der Waals surface area contributed by atoms with Crippen molar-refractivity contribution in [2.24, 2.45) is 0 Å². The number of aromatic nitrogens is 1. The van der Waals surface area contributed by atoms with Gasteiger partial charge < -0.3 is 0 Å². The van der Waals surface area contributed by atoms with Gasteiger partial charge in [-0.15, -0.1) is 23.5 Å². The van der Waals surface area contributed by atoms with Crippen molar-refractivity contribution in [1.29, 1.82) is 0 Å². The van der Waals surface area contributed by atoms with Gasteiger partial charge in [0, 0.05) is 26.5 Å². The van der Waals surface area contributed by atoms with Crippen LogP contribution in [-0.4, -0.2) is 11.2 Å². The van der Waals surface area contributed by atoms with Crippen molar-refractivity contribution in [2.75, 3.05) is 6.26 Å². The van der Waals surface area contributed by atoms with Crippen LogP contribution in [0.3, 0.4) is 0 Å². The molecule has 0 N–H and O–H groups in total. The van der Waals surface area contributed by atoms with Crippen LogP contribution in [0.1, 0.15) is 5.56 Å². The van der Waals surface area contributed by atoms with E-state index in [4.69, 9.17) is 23.2 Å². The first-order valence-electron chi connectivity index (χ1n) is 6.68. The van der Waals surface area contributed by atoms with E-state index >= 15 is 0 Å². The van der Waals surface area contributed by atoms with E-state index in [1.54, 1.807) is 23.5 Å². The first-order chi connectivity index (χ1) is 10.7. The summed E-state index contributed by atoms with van der Waals surface area (Å²) in [6.45, 7) is 0. The van der Waals surface area contributed by atoms with Crippen LogP contribution in [0.4, 0.5) is 0 Å². The van der Waals surface area contributed by atoms with Crippen molar-refractivity contribution in [2.45, 2.75) is 15.5 Å². The molecule has 1 nitrogen and oxygen atoms in total. The summed E-state index contributed by atoms with van der Waals surface area (Å²) in [5.74, 6) is 0.746. The second kappa shape index (κ2) is 7.14. The minimum absolute atomic E-state index is 0.560.